The van der Waals surface area contributed by atoms with E-state index in [0.29, 0.717) is 24.4 Å². The number of hydrogen-bond donors (Lipinski definition) is 1. The van der Waals surface area contributed by atoms with Crippen LogP contribution in [0.4, 0.5) is 11.4 Å². The molecule has 0 radical (unpaired) electrons. The summed E-state index contributed by atoms with van der Waals surface area (Å²) in [6, 6.07) is 2.51. The van der Waals surface area contributed by atoms with Gasteiger partial charge in [0.05, 0.1) is 22.7 Å². The maximum absolute atomic E-state index is 11.0. The molecule has 0 aromatic heterocycles. The molecular formula is C12H16N2O5. The molecule has 0 aliphatic carbocycles. The first-order chi connectivity index (χ1) is 8.88. The van der Waals surface area contributed by atoms with E-state index >= 15 is 0 Å². The maximum Gasteiger partial charge on any atom is 0.336 e. The fourth-order valence-corrected chi connectivity index (χ4v) is 1.74. The Hall–Kier alpha value is -2.15. The number of rotatable bonds is 6. The van der Waals surface area contributed by atoms with Crippen molar-refractivity contribution in [3.63, 3.8) is 0 Å². The van der Waals surface area contributed by atoms with Crippen molar-refractivity contribution in [1.29, 1.82) is 0 Å². The molecule has 0 unspecified atom stereocenters. The van der Waals surface area contributed by atoms with Gasteiger partial charge in [0.25, 0.3) is 5.69 Å². The van der Waals surface area contributed by atoms with Crippen LogP contribution >= 0.6 is 0 Å². The standard InChI is InChI=1S/C12H16N2O5/c1-8-10(13(2)4-5-19-3)6-9(12(15)16)7-11(8)14(17)18/h6-7H,4-5H2,1-3H3,(H,15,16). The number of carboxylic acid groups (broad SMARTS) is 1. The minimum absolute atomic E-state index is 0.100. The lowest BCUT2D eigenvalue weighted by atomic mass is 10.1. The summed E-state index contributed by atoms with van der Waals surface area (Å²) in [5.41, 5.74) is 0.660. The lowest BCUT2D eigenvalue weighted by molar-refractivity contribution is -0.385. The van der Waals surface area contributed by atoms with Gasteiger partial charge in [-0.05, 0) is 13.0 Å². The van der Waals surface area contributed by atoms with Crippen LogP contribution in [0.25, 0.3) is 0 Å². The number of aromatic carboxylic acids is 1. The van der Waals surface area contributed by atoms with Crippen LogP contribution in [0, 0.1) is 17.0 Å². The molecule has 1 aromatic rings. The molecule has 0 aliphatic rings. The molecule has 0 bridgehead atoms. The van der Waals surface area contributed by atoms with Crippen molar-refractivity contribution in [2.75, 3.05) is 32.2 Å². The van der Waals surface area contributed by atoms with Gasteiger partial charge < -0.3 is 14.7 Å². The fraction of sp³-hybridized carbons (Fsp3) is 0.417. The van der Waals surface area contributed by atoms with Crippen LogP contribution in [0.3, 0.4) is 0 Å². The molecule has 7 heteroatoms. The third kappa shape index (κ3) is 3.41. The van der Waals surface area contributed by atoms with Crippen molar-refractivity contribution < 1.29 is 19.6 Å². The molecule has 0 aliphatic heterocycles. The van der Waals surface area contributed by atoms with Crippen molar-refractivity contribution in [3.05, 3.63) is 33.4 Å². The first-order valence-electron chi connectivity index (χ1n) is 5.61. The zero-order valence-electron chi connectivity index (χ0n) is 11.0. The highest BCUT2D eigenvalue weighted by Gasteiger charge is 2.20. The molecule has 0 amide bonds. The Morgan fingerprint density at radius 1 is 1.53 bits per heavy atom. The highest BCUT2D eigenvalue weighted by atomic mass is 16.6. The lowest BCUT2D eigenvalue weighted by Gasteiger charge is -2.21. The Kier molecular flexibility index (Phi) is 4.82. The molecule has 0 saturated heterocycles. The number of hydrogen-bond acceptors (Lipinski definition) is 5. The molecule has 1 aromatic carbocycles. The van der Waals surface area contributed by atoms with Crippen molar-refractivity contribution in [2.45, 2.75) is 6.92 Å². The molecule has 0 spiro atoms. The number of anilines is 1. The lowest BCUT2D eigenvalue weighted by Crippen LogP contribution is -2.23. The minimum atomic E-state index is -1.19. The van der Waals surface area contributed by atoms with E-state index in [2.05, 4.69) is 0 Å². The Balaban J connectivity index is 3.28. The molecule has 0 saturated carbocycles. The number of nitro benzene ring substituents is 1. The summed E-state index contributed by atoms with van der Waals surface area (Å²) in [6.45, 7) is 2.56. The van der Waals surface area contributed by atoms with Crippen LogP contribution in [0.2, 0.25) is 0 Å². The zero-order valence-corrected chi connectivity index (χ0v) is 11.0. The quantitative estimate of drug-likeness (QED) is 0.623. The maximum atomic E-state index is 11.0. The van der Waals surface area contributed by atoms with E-state index in [0.717, 1.165) is 6.07 Å². The topological polar surface area (TPSA) is 92.9 Å². The van der Waals surface area contributed by atoms with Crippen molar-refractivity contribution in [1.82, 2.24) is 0 Å². The molecule has 1 rings (SSSR count). The average molecular weight is 268 g/mol. The average Bonchev–Trinajstić information content (AvgIpc) is 2.35. The second-order valence-corrected chi connectivity index (χ2v) is 4.12. The summed E-state index contributed by atoms with van der Waals surface area (Å²) in [7, 11) is 3.29. The van der Waals surface area contributed by atoms with Crippen molar-refractivity contribution >= 4 is 17.3 Å². The number of carbonyl (C=O) groups is 1. The predicted molar refractivity (Wildman–Crippen MR) is 69.9 cm³/mol. The third-order valence-corrected chi connectivity index (χ3v) is 2.84. The van der Waals surface area contributed by atoms with Gasteiger partial charge in [-0.15, -0.1) is 0 Å². The molecular weight excluding hydrogens is 252 g/mol. The van der Waals surface area contributed by atoms with E-state index in [9.17, 15) is 14.9 Å². The van der Waals surface area contributed by atoms with Gasteiger partial charge in [-0.2, -0.15) is 0 Å². The van der Waals surface area contributed by atoms with E-state index in [4.69, 9.17) is 9.84 Å². The largest absolute Gasteiger partial charge is 0.478 e. The van der Waals surface area contributed by atoms with Gasteiger partial charge in [0.15, 0.2) is 0 Å². The van der Waals surface area contributed by atoms with E-state index in [1.165, 1.54) is 6.07 Å². The number of carboxylic acids is 1. The van der Waals surface area contributed by atoms with Crippen LogP contribution in [-0.2, 0) is 4.74 Å². The summed E-state index contributed by atoms with van der Waals surface area (Å²) in [5, 5.41) is 20.0. The summed E-state index contributed by atoms with van der Waals surface area (Å²) < 4.78 is 4.94. The van der Waals surface area contributed by atoms with Gasteiger partial charge in [-0.1, -0.05) is 0 Å². The Morgan fingerprint density at radius 2 is 2.16 bits per heavy atom. The van der Waals surface area contributed by atoms with Gasteiger partial charge in [0.1, 0.15) is 0 Å². The van der Waals surface area contributed by atoms with Crippen LogP contribution in [0.15, 0.2) is 12.1 Å². The highest BCUT2D eigenvalue weighted by molar-refractivity contribution is 5.90. The van der Waals surface area contributed by atoms with Gasteiger partial charge >= 0.3 is 5.97 Å². The normalized spacial score (nSPS) is 10.3. The molecule has 0 heterocycles. The van der Waals surface area contributed by atoms with Gasteiger partial charge in [-0.3, -0.25) is 10.1 Å². The molecule has 104 valence electrons. The highest BCUT2D eigenvalue weighted by Crippen LogP contribution is 2.29. The third-order valence-electron chi connectivity index (χ3n) is 2.84. The SMILES string of the molecule is COCCN(C)c1cc(C(=O)O)cc([N+](=O)[O-])c1C. The van der Waals surface area contributed by atoms with Crippen LogP contribution in [0.1, 0.15) is 15.9 Å². The van der Waals surface area contributed by atoms with Crippen molar-refractivity contribution in [3.8, 4) is 0 Å². The number of methoxy groups -OCH3 is 1. The van der Waals surface area contributed by atoms with Crippen LogP contribution in [0.5, 0.6) is 0 Å². The predicted octanol–water partition coefficient (Wildman–Crippen LogP) is 1.68. The smallest absolute Gasteiger partial charge is 0.336 e. The second-order valence-electron chi connectivity index (χ2n) is 4.12. The van der Waals surface area contributed by atoms with E-state index in [-0.39, 0.29) is 11.3 Å². The first kappa shape index (κ1) is 14.9. The molecule has 19 heavy (non-hydrogen) atoms. The van der Waals surface area contributed by atoms with Crippen molar-refractivity contribution in [2.24, 2.45) is 0 Å². The van der Waals surface area contributed by atoms with E-state index in [1.54, 1.807) is 26.0 Å². The van der Waals surface area contributed by atoms with E-state index in [1.807, 2.05) is 0 Å². The number of nitro groups is 1. The summed E-state index contributed by atoms with van der Waals surface area (Å²) in [4.78, 5) is 23.1. The Bertz CT molecular complexity index is 501. The summed E-state index contributed by atoms with van der Waals surface area (Å²) >= 11 is 0. The van der Waals surface area contributed by atoms with Gasteiger partial charge in [0.2, 0.25) is 0 Å². The summed E-state index contributed by atoms with van der Waals surface area (Å²) in [5.74, 6) is -1.19. The second kappa shape index (κ2) is 6.14. The van der Waals surface area contributed by atoms with Gasteiger partial charge in [0, 0.05) is 32.5 Å². The molecule has 0 fully saturated rings. The monoisotopic (exact) mass is 268 g/mol. The van der Waals surface area contributed by atoms with Crippen LogP contribution < -0.4 is 4.90 Å². The minimum Gasteiger partial charge on any atom is -0.478 e. The number of ether oxygens (including phenoxy) is 1. The molecule has 7 nitrogen and oxygen atoms in total. The molecule has 1 N–H and O–H groups in total. The Morgan fingerprint density at radius 3 is 2.63 bits per heavy atom. The number of benzene rings is 1. The molecule has 0 atom stereocenters. The number of likely N-dealkylation sites (N-methyl/N-ethyl adjacent to an activating group) is 1. The first-order valence-corrected chi connectivity index (χ1v) is 5.61. The number of nitrogens with zero attached hydrogens (tertiary/aromatic N) is 2. The fourth-order valence-electron chi connectivity index (χ4n) is 1.74. The Labute approximate surface area is 110 Å². The van der Waals surface area contributed by atoms with Crippen LogP contribution in [-0.4, -0.2) is 43.3 Å². The van der Waals surface area contributed by atoms with Gasteiger partial charge in [-0.25, -0.2) is 4.79 Å². The van der Waals surface area contributed by atoms with E-state index < -0.39 is 10.9 Å². The summed E-state index contributed by atoms with van der Waals surface area (Å²) in [6.07, 6.45) is 0. The zero-order chi connectivity index (χ0) is 14.6.